The quantitative estimate of drug-likeness (QED) is 0.903. The second-order valence-electron chi connectivity index (χ2n) is 4.94. The van der Waals surface area contributed by atoms with Crippen molar-refractivity contribution in [3.05, 3.63) is 11.7 Å². The van der Waals surface area contributed by atoms with E-state index >= 15 is 0 Å². The van der Waals surface area contributed by atoms with Crippen LogP contribution >= 0.6 is 0 Å². The third-order valence-electron chi connectivity index (χ3n) is 3.19. The third kappa shape index (κ3) is 3.52. The van der Waals surface area contributed by atoms with E-state index in [-0.39, 0.29) is 0 Å². The van der Waals surface area contributed by atoms with Crippen LogP contribution in [0.25, 0.3) is 0 Å². The van der Waals surface area contributed by atoms with Crippen LogP contribution in [0.5, 0.6) is 0 Å². The van der Waals surface area contributed by atoms with E-state index in [9.17, 15) is 8.42 Å². The number of aromatic nitrogens is 2. The molecule has 0 aromatic carbocycles. The first kappa shape index (κ1) is 13.5. The second-order valence-corrected chi connectivity index (χ2v) is 6.72. The predicted molar refractivity (Wildman–Crippen MR) is 66.5 cm³/mol. The molecule has 2 rings (SSSR count). The molecule has 0 radical (unpaired) electrons. The van der Waals surface area contributed by atoms with E-state index in [1.807, 2.05) is 0 Å². The van der Waals surface area contributed by atoms with E-state index in [1.165, 1.54) is 19.3 Å². The van der Waals surface area contributed by atoms with Crippen molar-refractivity contribution in [2.75, 3.05) is 6.26 Å². The fraction of sp³-hybridized carbons (Fsp3) is 0.818. The van der Waals surface area contributed by atoms with Crippen LogP contribution in [0, 0.1) is 0 Å². The maximum Gasteiger partial charge on any atom is 0.244 e. The van der Waals surface area contributed by atoms with Gasteiger partial charge >= 0.3 is 0 Å². The van der Waals surface area contributed by atoms with Gasteiger partial charge in [-0.3, -0.25) is 0 Å². The molecule has 1 atom stereocenters. The van der Waals surface area contributed by atoms with E-state index in [0.29, 0.717) is 17.6 Å². The first-order chi connectivity index (χ1) is 8.46. The number of nitrogens with one attached hydrogen (secondary N) is 1. The highest BCUT2D eigenvalue weighted by atomic mass is 32.2. The van der Waals surface area contributed by atoms with Gasteiger partial charge in [0.25, 0.3) is 0 Å². The maximum absolute atomic E-state index is 11.1. The SMILES string of the molecule is C[C@H](NS(C)(=O)=O)c1nc(C2CCCCC2)no1. The molecule has 18 heavy (non-hydrogen) atoms. The molecule has 1 aliphatic carbocycles. The minimum atomic E-state index is -3.26. The molecule has 1 fully saturated rings. The van der Waals surface area contributed by atoms with Crippen molar-refractivity contribution >= 4 is 10.0 Å². The van der Waals surface area contributed by atoms with Crippen molar-refractivity contribution in [1.29, 1.82) is 0 Å². The lowest BCUT2D eigenvalue weighted by Gasteiger charge is -2.17. The van der Waals surface area contributed by atoms with E-state index in [4.69, 9.17) is 4.52 Å². The summed E-state index contributed by atoms with van der Waals surface area (Å²) in [5.74, 6) is 1.41. The summed E-state index contributed by atoms with van der Waals surface area (Å²) in [4.78, 5) is 4.31. The topological polar surface area (TPSA) is 85.1 Å². The van der Waals surface area contributed by atoms with Crippen molar-refractivity contribution in [3.63, 3.8) is 0 Å². The van der Waals surface area contributed by atoms with Crippen LogP contribution in [0.2, 0.25) is 0 Å². The van der Waals surface area contributed by atoms with Crippen LogP contribution < -0.4 is 4.72 Å². The largest absolute Gasteiger partial charge is 0.338 e. The van der Waals surface area contributed by atoms with E-state index in [1.54, 1.807) is 6.92 Å². The van der Waals surface area contributed by atoms with Gasteiger partial charge in [-0.15, -0.1) is 0 Å². The van der Waals surface area contributed by atoms with Crippen LogP contribution in [-0.4, -0.2) is 24.8 Å². The molecule has 1 aliphatic rings. The molecule has 0 bridgehead atoms. The van der Waals surface area contributed by atoms with Gasteiger partial charge in [-0.25, -0.2) is 13.1 Å². The van der Waals surface area contributed by atoms with E-state index in [0.717, 1.165) is 19.1 Å². The summed E-state index contributed by atoms with van der Waals surface area (Å²) >= 11 is 0. The summed E-state index contributed by atoms with van der Waals surface area (Å²) in [6.45, 7) is 1.69. The highest BCUT2D eigenvalue weighted by Crippen LogP contribution is 2.31. The Kier molecular flexibility index (Phi) is 4.01. The molecule has 1 N–H and O–H groups in total. The standard InChI is InChI=1S/C11H19N3O3S/c1-8(14-18(2,15)16)11-12-10(13-17-11)9-6-4-3-5-7-9/h8-9,14H,3-7H2,1-2H3/t8-/m0/s1. The van der Waals surface area contributed by atoms with E-state index < -0.39 is 16.1 Å². The van der Waals surface area contributed by atoms with Crippen LogP contribution in [0.15, 0.2) is 4.52 Å². The van der Waals surface area contributed by atoms with Crippen molar-refractivity contribution in [2.45, 2.75) is 51.0 Å². The lowest BCUT2D eigenvalue weighted by Crippen LogP contribution is -2.25. The molecule has 6 nitrogen and oxygen atoms in total. The Morgan fingerprint density at radius 1 is 1.33 bits per heavy atom. The molecule has 0 spiro atoms. The van der Waals surface area contributed by atoms with Crippen molar-refractivity contribution in [3.8, 4) is 0 Å². The van der Waals surface area contributed by atoms with Gasteiger partial charge < -0.3 is 4.52 Å². The molecule has 7 heteroatoms. The smallest absolute Gasteiger partial charge is 0.244 e. The lowest BCUT2D eigenvalue weighted by molar-refractivity contribution is 0.340. The first-order valence-corrected chi connectivity index (χ1v) is 8.15. The fourth-order valence-corrected chi connectivity index (χ4v) is 3.06. The van der Waals surface area contributed by atoms with E-state index in [2.05, 4.69) is 14.9 Å². The Morgan fingerprint density at radius 2 is 2.00 bits per heavy atom. The Hall–Kier alpha value is -0.950. The normalized spacial score (nSPS) is 19.9. The van der Waals surface area contributed by atoms with Crippen LogP contribution in [0.1, 0.15) is 62.7 Å². The van der Waals surface area contributed by atoms with Gasteiger partial charge in [0.1, 0.15) is 0 Å². The van der Waals surface area contributed by atoms with Gasteiger partial charge in [-0.05, 0) is 19.8 Å². The van der Waals surface area contributed by atoms with Gasteiger partial charge in [0.2, 0.25) is 15.9 Å². The summed E-state index contributed by atoms with van der Waals surface area (Å²) in [5, 5.41) is 3.97. The number of rotatable bonds is 4. The Morgan fingerprint density at radius 3 is 2.61 bits per heavy atom. The maximum atomic E-state index is 11.1. The summed E-state index contributed by atoms with van der Waals surface area (Å²) in [6, 6.07) is -0.482. The molecular weight excluding hydrogens is 254 g/mol. The number of hydrogen-bond acceptors (Lipinski definition) is 5. The van der Waals surface area contributed by atoms with Gasteiger partial charge in [0.05, 0.1) is 12.3 Å². The van der Waals surface area contributed by atoms with Gasteiger partial charge in [-0.1, -0.05) is 24.4 Å². The van der Waals surface area contributed by atoms with Crippen LogP contribution in [0.4, 0.5) is 0 Å². The van der Waals surface area contributed by atoms with Crippen molar-refractivity contribution in [2.24, 2.45) is 0 Å². The summed E-state index contributed by atoms with van der Waals surface area (Å²) in [5.41, 5.74) is 0. The first-order valence-electron chi connectivity index (χ1n) is 6.26. The lowest BCUT2D eigenvalue weighted by atomic mass is 9.89. The molecule has 0 aliphatic heterocycles. The minimum absolute atomic E-state index is 0.334. The molecule has 0 unspecified atom stereocenters. The zero-order valence-electron chi connectivity index (χ0n) is 10.7. The zero-order valence-corrected chi connectivity index (χ0v) is 11.5. The Labute approximate surface area is 107 Å². The third-order valence-corrected chi connectivity index (χ3v) is 3.97. The average molecular weight is 273 g/mol. The highest BCUT2D eigenvalue weighted by Gasteiger charge is 2.23. The molecule has 1 heterocycles. The van der Waals surface area contributed by atoms with Crippen molar-refractivity contribution in [1.82, 2.24) is 14.9 Å². The predicted octanol–water partition coefficient (Wildman–Crippen LogP) is 1.73. The molecular formula is C11H19N3O3S. The molecule has 102 valence electrons. The molecule has 1 aromatic heterocycles. The number of hydrogen-bond donors (Lipinski definition) is 1. The molecule has 1 aromatic rings. The van der Waals surface area contributed by atoms with Gasteiger partial charge in [-0.2, -0.15) is 4.98 Å². The van der Waals surface area contributed by atoms with Gasteiger partial charge in [0, 0.05) is 5.92 Å². The summed E-state index contributed by atoms with van der Waals surface area (Å²) < 4.78 is 29.8. The van der Waals surface area contributed by atoms with Gasteiger partial charge in [0.15, 0.2) is 5.82 Å². The summed E-state index contributed by atoms with van der Waals surface area (Å²) in [6.07, 6.45) is 6.96. The van der Waals surface area contributed by atoms with Crippen LogP contribution in [0.3, 0.4) is 0 Å². The molecule has 0 amide bonds. The zero-order chi connectivity index (χ0) is 13.2. The second kappa shape index (κ2) is 5.36. The average Bonchev–Trinajstić information content (AvgIpc) is 2.77. The number of sulfonamides is 1. The van der Waals surface area contributed by atoms with Crippen LogP contribution in [-0.2, 0) is 10.0 Å². The Bertz CT molecular complexity index is 491. The highest BCUT2D eigenvalue weighted by molar-refractivity contribution is 7.88. The fourth-order valence-electron chi connectivity index (χ4n) is 2.32. The minimum Gasteiger partial charge on any atom is -0.338 e. The number of nitrogens with zero attached hydrogens (tertiary/aromatic N) is 2. The molecule has 1 saturated carbocycles. The van der Waals surface area contributed by atoms with Crippen molar-refractivity contribution < 1.29 is 12.9 Å². The Balaban J connectivity index is 2.05. The summed E-state index contributed by atoms with van der Waals surface area (Å²) in [7, 11) is -3.26. The molecule has 0 saturated heterocycles. The monoisotopic (exact) mass is 273 g/mol.